The van der Waals surface area contributed by atoms with Gasteiger partial charge in [0.15, 0.2) is 11.6 Å². The van der Waals surface area contributed by atoms with E-state index in [1.165, 1.54) is 50.5 Å². The van der Waals surface area contributed by atoms with Crippen LogP contribution in [-0.4, -0.2) is 28.3 Å². The van der Waals surface area contributed by atoms with E-state index in [2.05, 4.69) is 41.2 Å². The molecule has 1 aromatic heterocycles. The fraction of sp³-hybridized carbons (Fsp3) is 0.565. The van der Waals surface area contributed by atoms with Crippen molar-refractivity contribution in [2.75, 3.05) is 13.2 Å². The van der Waals surface area contributed by atoms with E-state index in [-0.39, 0.29) is 6.61 Å². The van der Waals surface area contributed by atoms with Gasteiger partial charge in [0.25, 0.3) is 0 Å². The van der Waals surface area contributed by atoms with Gasteiger partial charge >= 0.3 is 0 Å². The molecule has 0 fully saturated rings. The highest BCUT2D eigenvalue weighted by Crippen LogP contribution is 2.19. The van der Waals surface area contributed by atoms with Gasteiger partial charge in [-0.2, -0.15) is 0 Å². The van der Waals surface area contributed by atoms with Gasteiger partial charge < -0.3 is 9.84 Å². The third-order valence-corrected chi connectivity index (χ3v) is 4.73. The van der Waals surface area contributed by atoms with Crippen molar-refractivity contribution >= 4 is 0 Å². The molecule has 1 N–H and O–H groups in total. The molecule has 1 aromatic carbocycles. The first-order valence-corrected chi connectivity index (χ1v) is 10.5. The Hall–Kier alpha value is -1.94. The van der Waals surface area contributed by atoms with Crippen LogP contribution < -0.4 is 4.74 Å². The third kappa shape index (κ3) is 8.53. The molecule has 148 valence electrons. The van der Waals surface area contributed by atoms with Gasteiger partial charge in [0.05, 0.1) is 19.0 Å². The standard InChI is InChI=1S/C23H34N2O2/c1-2-3-4-5-6-7-8-11-20-12-14-21(15-13-20)23-24-18-22(19-25-23)27-17-10-9-16-26/h12-15,18-19,26H,2-11,16-17H2,1H3. The van der Waals surface area contributed by atoms with Gasteiger partial charge in [-0.3, -0.25) is 0 Å². The lowest BCUT2D eigenvalue weighted by atomic mass is 10.0. The maximum Gasteiger partial charge on any atom is 0.159 e. The summed E-state index contributed by atoms with van der Waals surface area (Å²) >= 11 is 0. The summed E-state index contributed by atoms with van der Waals surface area (Å²) in [6, 6.07) is 8.59. The lowest BCUT2D eigenvalue weighted by molar-refractivity contribution is 0.252. The first-order chi connectivity index (χ1) is 13.3. The number of hydrogen-bond acceptors (Lipinski definition) is 4. The van der Waals surface area contributed by atoms with E-state index >= 15 is 0 Å². The van der Waals surface area contributed by atoms with Gasteiger partial charge in [0.2, 0.25) is 0 Å². The highest BCUT2D eigenvalue weighted by Gasteiger charge is 2.03. The first-order valence-electron chi connectivity index (χ1n) is 10.5. The normalized spacial score (nSPS) is 10.9. The van der Waals surface area contributed by atoms with Crippen LogP contribution >= 0.6 is 0 Å². The molecule has 4 nitrogen and oxygen atoms in total. The summed E-state index contributed by atoms with van der Waals surface area (Å²) in [5.74, 6) is 1.40. The topological polar surface area (TPSA) is 55.2 Å². The van der Waals surface area contributed by atoms with E-state index in [1.54, 1.807) is 12.4 Å². The summed E-state index contributed by atoms with van der Waals surface area (Å²) in [5.41, 5.74) is 2.42. The zero-order valence-electron chi connectivity index (χ0n) is 16.7. The largest absolute Gasteiger partial charge is 0.490 e. The maximum absolute atomic E-state index is 8.77. The molecule has 4 heteroatoms. The average Bonchev–Trinajstić information content (AvgIpc) is 2.71. The molecule has 0 unspecified atom stereocenters. The summed E-state index contributed by atoms with van der Waals surface area (Å²) in [6.07, 6.45) is 15.6. The molecule has 0 saturated heterocycles. The summed E-state index contributed by atoms with van der Waals surface area (Å²) in [4.78, 5) is 8.81. The Morgan fingerprint density at radius 3 is 2.15 bits per heavy atom. The zero-order valence-corrected chi connectivity index (χ0v) is 16.7. The Labute approximate surface area is 164 Å². The molecule has 0 aliphatic rings. The van der Waals surface area contributed by atoms with Gasteiger partial charge in [-0.05, 0) is 31.2 Å². The number of nitrogens with zero attached hydrogens (tertiary/aromatic N) is 2. The molecule has 0 saturated carbocycles. The van der Waals surface area contributed by atoms with Gasteiger partial charge in [0, 0.05) is 12.2 Å². The first kappa shape index (κ1) is 21.4. The SMILES string of the molecule is CCCCCCCCCc1ccc(-c2ncc(OCCCCO)cn2)cc1. The number of hydrogen-bond donors (Lipinski definition) is 1. The minimum absolute atomic E-state index is 0.202. The Balaban J connectivity index is 1.72. The molecule has 0 bridgehead atoms. The zero-order chi connectivity index (χ0) is 19.2. The molecule has 1 heterocycles. The minimum atomic E-state index is 0.202. The van der Waals surface area contributed by atoms with Crippen LogP contribution in [-0.2, 0) is 6.42 Å². The smallest absolute Gasteiger partial charge is 0.159 e. The lowest BCUT2D eigenvalue weighted by Gasteiger charge is -2.06. The number of benzene rings is 1. The Morgan fingerprint density at radius 2 is 1.48 bits per heavy atom. The quantitative estimate of drug-likeness (QED) is 0.441. The number of unbranched alkanes of at least 4 members (excludes halogenated alkanes) is 7. The van der Waals surface area contributed by atoms with E-state index in [1.807, 2.05) is 0 Å². The Kier molecular flexibility index (Phi) is 10.5. The minimum Gasteiger partial charge on any atom is -0.490 e. The molecule has 0 aliphatic carbocycles. The number of ether oxygens (including phenoxy) is 1. The van der Waals surface area contributed by atoms with Gasteiger partial charge in [-0.1, -0.05) is 69.7 Å². The van der Waals surface area contributed by atoms with E-state index in [9.17, 15) is 0 Å². The van der Waals surface area contributed by atoms with Crippen molar-refractivity contribution in [3.63, 3.8) is 0 Å². The van der Waals surface area contributed by atoms with Gasteiger partial charge in [0.1, 0.15) is 0 Å². The fourth-order valence-electron chi connectivity index (χ4n) is 3.05. The average molecular weight is 371 g/mol. The number of aryl methyl sites for hydroxylation is 1. The molecular formula is C23H34N2O2. The van der Waals surface area contributed by atoms with E-state index in [4.69, 9.17) is 9.84 Å². The van der Waals surface area contributed by atoms with Crippen LogP contribution in [0.5, 0.6) is 5.75 Å². The predicted octanol–water partition coefficient (Wildman–Crippen LogP) is 5.59. The van der Waals surface area contributed by atoms with Crippen LogP contribution in [0.3, 0.4) is 0 Å². The van der Waals surface area contributed by atoms with Gasteiger partial charge in [-0.15, -0.1) is 0 Å². The number of aliphatic hydroxyl groups excluding tert-OH is 1. The van der Waals surface area contributed by atoms with E-state index in [0.717, 1.165) is 30.7 Å². The van der Waals surface area contributed by atoms with Crippen LogP contribution in [0.4, 0.5) is 0 Å². The van der Waals surface area contributed by atoms with Crippen molar-refractivity contribution in [3.05, 3.63) is 42.2 Å². The van der Waals surface area contributed by atoms with Crippen LogP contribution in [0.15, 0.2) is 36.7 Å². The van der Waals surface area contributed by atoms with Crippen LogP contribution in [0.1, 0.15) is 70.3 Å². The maximum atomic E-state index is 8.77. The van der Waals surface area contributed by atoms with Crippen molar-refractivity contribution < 1.29 is 9.84 Å². The van der Waals surface area contributed by atoms with Crippen molar-refractivity contribution in [3.8, 4) is 17.1 Å². The van der Waals surface area contributed by atoms with Gasteiger partial charge in [-0.25, -0.2) is 9.97 Å². The predicted molar refractivity (Wildman–Crippen MR) is 111 cm³/mol. The molecule has 0 atom stereocenters. The number of aromatic nitrogens is 2. The van der Waals surface area contributed by atoms with Crippen LogP contribution in [0, 0.1) is 0 Å². The molecule has 27 heavy (non-hydrogen) atoms. The second-order valence-electron chi connectivity index (χ2n) is 7.09. The molecule has 0 spiro atoms. The van der Waals surface area contributed by atoms with Crippen LogP contribution in [0.2, 0.25) is 0 Å². The fourth-order valence-corrected chi connectivity index (χ4v) is 3.05. The van der Waals surface area contributed by atoms with Crippen molar-refractivity contribution in [1.82, 2.24) is 9.97 Å². The third-order valence-electron chi connectivity index (χ3n) is 4.73. The van der Waals surface area contributed by atoms with Crippen molar-refractivity contribution in [1.29, 1.82) is 0 Å². The number of aliphatic hydroxyl groups is 1. The van der Waals surface area contributed by atoms with Crippen molar-refractivity contribution in [2.24, 2.45) is 0 Å². The summed E-state index contributed by atoms with van der Waals surface area (Å²) < 4.78 is 5.57. The molecule has 0 radical (unpaired) electrons. The number of rotatable bonds is 14. The van der Waals surface area contributed by atoms with E-state index in [0.29, 0.717) is 12.4 Å². The lowest BCUT2D eigenvalue weighted by Crippen LogP contribution is -2.00. The monoisotopic (exact) mass is 370 g/mol. The second kappa shape index (κ2) is 13.3. The van der Waals surface area contributed by atoms with Crippen molar-refractivity contribution in [2.45, 2.75) is 71.1 Å². The highest BCUT2D eigenvalue weighted by molar-refractivity contribution is 5.55. The molecule has 0 amide bonds. The molecule has 2 rings (SSSR count). The Morgan fingerprint density at radius 1 is 0.815 bits per heavy atom. The summed E-state index contributed by atoms with van der Waals surface area (Å²) in [7, 11) is 0. The molecular weight excluding hydrogens is 336 g/mol. The summed E-state index contributed by atoms with van der Waals surface area (Å²) in [5, 5.41) is 8.77. The highest BCUT2D eigenvalue weighted by atomic mass is 16.5. The van der Waals surface area contributed by atoms with E-state index < -0.39 is 0 Å². The van der Waals surface area contributed by atoms with Crippen LogP contribution in [0.25, 0.3) is 11.4 Å². The molecule has 2 aromatic rings. The second-order valence-corrected chi connectivity index (χ2v) is 7.09. The Bertz CT molecular complexity index is 611. The summed E-state index contributed by atoms with van der Waals surface area (Å²) in [6.45, 7) is 3.04. The molecule has 0 aliphatic heterocycles.